The Balaban J connectivity index is 1.94. The standard InChI is InChI=1S/C11H16O2/c12-5-10-7-1-6-2-8(4-7)11(13)9(10)3-6/h6-10,12H,1-5H2/t6?,7-,8+,9-,10+/m0/s1. The molecule has 4 rings (SSSR count). The number of ketones is 1. The van der Waals surface area contributed by atoms with Crippen LogP contribution < -0.4 is 0 Å². The Morgan fingerprint density at radius 2 is 2.08 bits per heavy atom. The summed E-state index contributed by atoms with van der Waals surface area (Å²) in [5, 5.41) is 9.26. The van der Waals surface area contributed by atoms with Gasteiger partial charge in [-0.3, -0.25) is 4.79 Å². The number of aliphatic hydroxyl groups is 1. The van der Waals surface area contributed by atoms with Crippen molar-refractivity contribution >= 4 is 5.78 Å². The minimum absolute atomic E-state index is 0.237. The van der Waals surface area contributed by atoms with E-state index in [9.17, 15) is 9.90 Å². The summed E-state index contributed by atoms with van der Waals surface area (Å²) >= 11 is 0. The first-order chi connectivity index (χ1) is 6.29. The Labute approximate surface area is 78.3 Å². The average Bonchev–Trinajstić information content (AvgIpc) is 2.13. The lowest BCUT2D eigenvalue weighted by Crippen LogP contribution is -2.52. The van der Waals surface area contributed by atoms with Crippen molar-refractivity contribution in [3.8, 4) is 0 Å². The Morgan fingerprint density at radius 1 is 1.23 bits per heavy atom. The molecule has 13 heavy (non-hydrogen) atoms. The fourth-order valence-electron chi connectivity index (χ4n) is 4.03. The lowest BCUT2D eigenvalue weighted by Gasteiger charge is -2.52. The van der Waals surface area contributed by atoms with Crippen molar-refractivity contribution in [3.63, 3.8) is 0 Å². The van der Waals surface area contributed by atoms with Crippen LogP contribution in [0.25, 0.3) is 0 Å². The molecule has 0 aromatic carbocycles. The maximum Gasteiger partial charge on any atom is 0.139 e. The molecule has 1 N–H and O–H groups in total. The number of hydrogen-bond acceptors (Lipinski definition) is 2. The summed E-state index contributed by atoms with van der Waals surface area (Å²) in [6.45, 7) is 0.237. The molecule has 0 aromatic heterocycles. The lowest BCUT2D eigenvalue weighted by molar-refractivity contribution is -0.148. The maximum absolute atomic E-state index is 11.8. The summed E-state index contributed by atoms with van der Waals surface area (Å²) < 4.78 is 0. The van der Waals surface area contributed by atoms with Crippen molar-refractivity contribution < 1.29 is 9.90 Å². The second kappa shape index (κ2) is 2.57. The van der Waals surface area contributed by atoms with Gasteiger partial charge in [0.1, 0.15) is 5.78 Å². The zero-order valence-corrected chi connectivity index (χ0v) is 7.78. The second-order valence-electron chi connectivity index (χ2n) is 5.12. The van der Waals surface area contributed by atoms with Crippen molar-refractivity contribution in [2.45, 2.75) is 25.7 Å². The number of aliphatic hydroxyl groups excluding tert-OH is 1. The van der Waals surface area contributed by atoms with Crippen LogP contribution in [0.3, 0.4) is 0 Å². The van der Waals surface area contributed by atoms with Crippen molar-refractivity contribution in [1.82, 2.24) is 0 Å². The SMILES string of the molecule is O=C1[C@@H]2CC3C[C@@H](C2)[C@@H](CO)[C@@H]1C3. The molecular weight excluding hydrogens is 164 g/mol. The number of carbonyl (C=O) groups is 1. The van der Waals surface area contributed by atoms with Crippen LogP contribution in [0.15, 0.2) is 0 Å². The van der Waals surface area contributed by atoms with Gasteiger partial charge in [0.05, 0.1) is 0 Å². The van der Waals surface area contributed by atoms with Gasteiger partial charge in [-0.05, 0) is 43.4 Å². The van der Waals surface area contributed by atoms with Crippen LogP contribution in [0.5, 0.6) is 0 Å². The molecule has 4 bridgehead atoms. The summed E-state index contributed by atoms with van der Waals surface area (Å²) in [6, 6.07) is 0. The van der Waals surface area contributed by atoms with Crippen molar-refractivity contribution in [2.75, 3.05) is 6.61 Å². The van der Waals surface area contributed by atoms with E-state index in [0.717, 1.165) is 25.2 Å². The van der Waals surface area contributed by atoms with E-state index in [4.69, 9.17) is 0 Å². The Bertz CT molecular complexity index is 248. The number of rotatable bonds is 1. The molecule has 4 aliphatic rings. The van der Waals surface area contributed by atoms with Gasteiger partial charge in [0.25, 0.3) is 0 Å². The van der Waals surface area contributed by atoms with E-state index >= 15 is 0 Å². The molecule has 1 unspecified atom stereocenters. The summed E-state index contributed by atoms with van der Waals surface area (Å²) in [4.78, 5) is 11.8. The van der Waals surface area contributed by atoms with Gasteiger partial charge in [0, 0.05) is 18.4 Å². The van der Waals surface area contributed by atoms with Gasteiger partial charge in [0.2, 0.25) is 0 Å². The quantitative estimate of drug-likeness (QED) is 0.659. The van der Waals surface area contributed by atoms with E-state index in [-0.39, 0.29) is 12.5 Å². The fourth-order valence-corrected chi connectivity index (χ4v) is 4.03. The number of Topliss-reactive ketones (excluding diaryl/α,β-unsaturated/α-hetero) is 1. The summed E-state index contributed by atoms with van der Waals surface area (Å²) in [6.07, 6.45) is 4.60. The smallest absolute Gasteiger partial charge is 0.139 e. The topological polar surface area (TPSA) is 37.3 Å². The summed E-state index contributed by atoms with van der Waals surface area (Å²) in [5.74, 6) is 2.90. The minimum Gasteiger partial charge on any atom is -0.396 e. The van der Waals surface area contributed by atoms with Crippen molar-refractivity contribution in [1.29, 1.82) is 0 Å². The molecule has 72 valence electrons. The lowest BCUT2D eigenvalue weighted by atomic mass is 9.51. The van der Waals surface area contributed by atoms with E-state index in [1.807, 2.05) is 0 Å². The highest BCUT2D eigenvalue weighted by Gasteiger charge is 2.52. The Morgan fingerprint density at radius 3 is 2.85 bits per heavy atom. The molecule has 0 aromatic rings. The average molecular weight is 180 g/mol. The van der Waals surface area contributed by atoms with Crippen molar-refractivity contribution in [2.24, 2.45) is 29.6 Å². The molecule has 2 nitrogen and oxygen atoms in total. The molecular formula is C11H16O2. The molecule has 0 saturated heterocycles. The molecule has 0 heterocycles. The van der Waals surface area contributed by atoms with Crippen LogP contribution >= 0.6 is 0 Å². The zero-order chi connectivity index (χ0) is 9.00. The van der Waals surface area contributed by atoms with Crippen LogP contribution in [0.4, 0.5) is 0 Å². The van der Waals surface area contributed by atoms with Crippen molar-refractivity contribution in [3.05, 3.63) is 0 Å². The van der Waals surface area contributed by atoms with Gasteiger partial charge in [-0.2, -0.15) is 0 Å². The third-order valence-corrected chi connectivity index (χ3v) is 4.53. The maximum atomic E-state index is 11.8. The van der Waals surface area contributed by atoms with Crippen LogP contribution in [-0.4, -0.2) is 17.5 Å². The van der Waals surface area contributed by atoms with Gasteiger partial charge in [0.15, 0.2) is 0 Å². The molecule has 5 atom stereocenters. The molecule has 0 radical (unpaired) electrons. The Hall–Kier alpha value is -0.370. The molecule has 4 fully saturated rings. The van der Waals surface area contributed by atoms with E-state index in [2.05, 4.69) is 0 Å². The van der Waals surface area contributed by atoms with Gasteiger partial charge in [-0.25, -0.2) is 0 Å². The zero-order valence-electron chi connectivity index (χ0n) is 7.78. The first-order valence-electron chi connectivity index (χ1n) is 5.44. The number of hydrogen-bond donors (Lipinski definition) is 1. The first kappa shape index (κ1) is 7.98. The Kier molecular flexibility index (Phi) is 1.58. The van der Waals surface area contributed by atoms with Gasteiger partial charge in [-0.15, -0.1) is 0 Å². The van der Waals surface area contributed by atoms with Crippen LogP contribution in [0.1, 0.15) is 25.7 Å². The highest BCUT2D eigenvalue weighted by Crippen LogP contribution is 2.54. The first-order valence-corrected chi connectivity index (χ1v) is 5.44. The third-order valence-electron chi connectivity index (χ3n) is 4.53. The molecule has 0 spiro atoms. The summed E-state index contributed by atoms with van der Waals surface area (Å²) in [7, 11) is 0. The predicted octanol–water partition coefficient (Wildman–Crippen LogP) is 1.23. The third kappa shape index (κ3) is 0.954. The second-order valence-corrected chi connectivity index (χ2v) is 5.12. The highest BCUT2D eigenvalue weighted by molar-refractivity contribution is 5.85. The van der Waals surface area contributed by atoms with Gasteiger partial charge >= 0.3 is 0 Å². The minimum atomic E-state index is 0.237. The van der Waals surface area contributed by atoms with E-state index in [1.54, 1.807) is 0 Å². The molecule has 0 amide bonds. The molecule has 2 heteroatoms. The molecule has 4 aliphatic carbocycles. The number of carbonyl (C=O) groups excluding carboxylic acids is 1. The van der Waals surface area contributed by atoms with Crippen LogP contribution in [0, 0.1) is 29.6 Å². The van der Waals surface area contributed by atoms with E-state index in [0.29, 0.717) is 23.5 Å². The predicted molar refractivity (Wildman–Crippen MR) is 48.0 cm³/mol. The summed E-state index contributed by atoms with van der Waals surface area (Å²) in [5.41, 5.74) is 0. The monoisotopic (exact) mass is 180 g/mol. The van der Waals surface area contributed by atoms with Gasteiger partial charge in [-0.1, -0.05) is 0 Å². The molecule has 4 saturated carbocycles. The van der Waals surface area contributed by atoms with E-state index < -0.39 is 0 Å². The van der Waals surface area contributed by atoms with Crippen LogP contribution in [-0.2, 0) is 4.79 Å². The molecule has 0 aliphatic heterocycles. The van der Waals surface area contributed by atoms with Gasteiger partial charge < -0.3 is 5.11 Å². The largest absolute Gasteiger partial charge is 0.396 e. The van der Waals surface area contributed by atoms with E-state index in [1.165, 1.54) is 6.42 Å². The van der Waals surface area contributed by atoms with Crippen LogP contribution in [0.2, 0.25) is 0 Å². The highest BCUT2D eigenvalue weighted by atomic mass is 16.3. The normalized spacial score (nSPS) is 53.0. The fraction of sp³-hybridized carbons (Fsp3) is 0.909.